The number of hydrogen-bond donors (Lipinski definition) is 1. The summed E-state index contributed by atoms with van der Waals surface area (Å²) >= 11 is 0. The molecule has 8 heteroatoms. The van der Waals surface area contributed by atoms with E-state index in [4.69, 9.17) is 4.74 Å². The second kappa shape index (κ2) is 8.57. The maximum absolute atomic E-state index is 13.4. The number of likely N-dealkylation sites (tertiary alicyclic amines) is 1. The van der Waals surface area contributed by atoms with Crippen molar-refractivity contribution in [2.24, 2.45) is 13.0 Å². The van der Waals surface area contributed by atoms with Crippen LogP contribution in [0.1, 0.15) is 43.0 Å². The van der Waals surface area contributed by atoms with E-state index in [-0.39, 0.29) is 35.8 Å². The van der Waals surface area contributed by atoms with Gasteiger partial charge in [-0.3, -0.25) is 9.59 Å². The van der Waals surface area contributed by atoms with Crippen LogP contribution in [0, 0.1) is 5.92 Å². The van der Waals surface area contributed by atoms with Gasteiger partial charge in [-0.1, -0.05) is 0 Å². The first-order valence-electron chi connectivity index (χ1n) is 12.3. The van der Waals surface area contributed by atoms with Crippen LogP contribution in [0.4, 0.5) is 0 Å². The van der Waals surface area contributed by atoms with Crippen molar-refractivity contribution in [3.05, 3.63) is 29.5 Å². The van der Waals surface area contributed by atoms with Gasteiger partial charge in [0.15, 0.2) is 0 Å². The largest absolute Gasteiger partial charge is 0.497 e. The van der Waals surface area contributed by atoms with E-state index in [0.29, 0.717) is 26.2 Å². The number of aryl methyl sites for hydroxylation is 1. The smallest absolute Gasteiger partial charge is 0.236 e. The summed E-state index contributed by atoms with van der Waals surface area (Å²) in [5, 5.41) is 11.7. The molecule has 1 aromatic heterocycles. The van der Waals surface area contributed by atoms with Crippen molar-refractivity contribution in [3.63, 3.8) is 0 Å². The van der Waals surface area contributed by atoms with Crippen LogP contribution in [-0.4, -0.2) is 90.2 Å². The van der Waals surface area contributed by atoms with Gasteiger partial charge in [-0.05, 0) is 57.5 Å². The molecule has 8 nitrogen and oxygen atoms in total. The van der Waals surface area contributed by atoms with Crippen molar-refractivity contribution in [1.29, 1.82) is 0 Å². The first kappa shape index (κ1) is 23.2. The van der Waals surface area contributed by atoms with Crippen molar-refractivity contribution in [2.45, 2.75) is 37.1 Å². The molecule has 2 aromatic rings. The molecule has 2 fully saturated rings. The number of carbonyl (C=O) groups is 2. The van der Waals surface area contributed by atoms with Crippen LogP contribution in [0.25, 0.3) is 10.9 Å². The number of aromatic nitrogens is 1. The third kappa shape index (κ3) is 3.67. The molecular formula is C26H36N4O4. The fourth-order valence-corrected chi connectivity index (χ4v) is 6.12. The highest BCUT2D eigenvalue weighted by Crippen LogP contribution is 2.51. The number of likely N-dealkylation sites (N-methyl/N-ethyl adjacent to an activating group) is 1. The number of ether oxygens (including phenoxy) is 1. The highest BCUT2D eigenvalue weighted by molar-refractivity contribution is 5.90. The van der Waals surface area contributed by atoms with Gasteiger partial charge >= 0.3 is 0 Å². The third-order valence-corrected chi connectivity index (χ3v) is 8.06. The summed E-state index contributed by atoms with van der Waals surface area (Å²) in [6.07, 6.45) is 3.48. The molecule has 1 atom stereocenters. The third-order valence-electron chi connectivity index (χ3n) is 8.06. The topological polar surface area (TPSA) is 78.2 Å². The minimum absolute atomic E-state index is 0.0872. The minimum atomic E-state index is -0.356. The normalized spacial score (nSPS) is 21.9. The fraction of sp³-hybridized carbons (Fsp3) is 0.615. The summed E-state index contributed by atoms with van der Waals surface area (Å²) < 4.78 is 7.64. The Hall–Kier alpha value is -2.58. The lowest BCUT2D eigenvalue weighted by Gasteiger charge is -2.50. The second-order valence-electron chi connectivity index (χ2n) is 10.5. The maximum Gasteiger partial charge on any atom is 0.236 e. The van der Waals surface area contributed by atoms with E-state index in [1.807, 2.05) is 48.0 Å². The second-order valence-corrected chi connectivity index (χ2v) is 10.5. The van der Waals surface area contributed by atoms with E-state index in [0.717, 1.165) is 48.0 Å². The number of rotatable bonds is 5. The summed E-state index contributed by atoms with van der Waals surface area (Å²) in [6.45, 7) is 2.25. The van der Waals surface area contributed by atoms with Crippen molar-refractivity contribution in [2.75, 3.05) is 54.0 Å². The predicted molar refractivity (Wildman–Crippen MR) is 130 cm³/mol. The maximum atomic E-state index is 13.4. The zero-order valence-corrected chi connectivity index (χ0v) is 20.7. The Labute approximate surface area is 201 Å². The number of nitrogens with zero attached hydrogens (tertiary/aromatic N) is 4. The molecule has 0 unspecified atom stereocenters. The fourth-order valence-electron chi connectivity index (χ4n) is 6.12. The summed E-state index contributed by atoms with van der Waals surface area (Å²) in [5.41, 5.74) is 3.08. The van der Waals surface area contributed by atoms with Crippen molar-refractivity contribution < 1.29 is 19.4 Å². The molecule has 1 spiro atoms. The van der Waals surface area contributed by atoms with E-state index in [2.05, 4.69) is 10.6 Å². The molecule has 34 heavy (non-hydrogen) atoms. The molecule has 1 aliphatic carbocycles. The van der Waals surface area contributed by atoms with Crippen LogP contribution < -0.4 is 4.74 Å². The lowest BCUT2D eigenvalue weighted by molar-refractivity contribution is -0.140. The summed E-state index contributed by atoms with van der Waals surface area (Å²) in [7, 11) is 7.52. The number of fused-ring (bicyclic) bond motifs is 4. The van der Waals surface area contributed by atoms with Gasteiger partial charge in [-0.2, -0.15) is 0 Å². The van der Waals surface area contributed by atoms with E-state index in [1.165, 1.54) is 5.56 Å². The van der Waals surface area contributed by atoms with Crippen LogP contribution in [0.2, 0.25) is 0 Å². The minimum Gasteiger partial charge on any atom is -0.497 e. The number of methoxy groups -OCH3 is 1. The van der Waals surface area contributed by atoms with Crippen molar-refractivity contribution in [3.8, 4) is 5.75 Å². The number of aliphatic hydroxyl groups is 1. The number of benzene rings is 1. The molecule has 2 aliphatic heterocycles. The Morgan fingerprint density at radius 2 is 1.91 bits per heavy atom. The van der Waals surface area contributed by atoms with Gasteiger partial charge in [0.1, 0.15) is 5.75 Å². The van der Waals surface area contributed by atoms with Crippen LogP contribution in [0.3, 0.4) is 0 Å². The molecule has 1 aromatic carbocycles. The predicted octanol–water partition coefficient (Wildman–Crippen LogP) is 1.89. The van der Waals surface area contributed by atoms with Crippen LogP contribution in [0.5, 0.6) is 5.75 Å². The molecule has 3 heterocycles. The molecule has 1 saturated carbocycles. The van der Waals surface area contributed by atoms with Crippen molar-refractivity contribution in [1.82, 2.24) is 19.3 Å². The Morgan fingerprint density at radius 3 is 2.50 bits per heavy atom. The number of piperidine rings is 1. The zero-order chi connectivity index (χ0) is 24.2. The molecule has 2 amide bonds. The summed E-state index contributed by atoms with van der Waals surface area (Å²) in [5.74, 6) is 1.19. The summed E-state index contributed by atoms with van der Waals surface area (Å²) in [4.78, 5) is 32.0. The SMILES string of the molecule is COc1ccc2c3c(n(C)c2c1)[C@H](CO)N(C(=O)C1CC1)CC31CCN(C(=O)CN(C)C)CC1. The van der Waals surface area contributed by atoms with Gasteiger partial charge in [0, 0.05) is 55.2 Å². The van der Waals surface area contributed by atoms with Gasteiger partial charge in [-0.15, -0.1) is 0 Å². The molecule has 5 rings (SSSR count). The molecule has 0 radical (unpaired) electrons. The number of hydrogen-bond acceptors (Lipinski definition) is 5. The van der Waals surface area contributed by atoms with Crippen LogP contribution in [-0.2, 0) is 22.1 Å². The van der Waals surface area contributed by atoms with Gasteiger partial charge in [-0.25, -0.2) is 0 Å². The number of amides is 2. The van der Waals surface area contributed by atoms with Gasteiger partial charge in [0.05, 0.1) is 31.8 Å². The Kier molecular flexibility index (Phi) is 5.84. The Bertz CT molecular complexity index is 1110. The summed E-state index contributed by atoms with van der Waals surface area (Å²) in [6, 6.07) is 5.79. The highest BCUT2D eigenvalue weighted by Gasteiger charge is 2.51. The van der Waals surface area contributed by atoms with E-state index < -0.39 is 0 Å². The Balaban J connectivity index is 1.60. The Morgan fingerprint density at radius 1 is 1.21 bits per heavy atom. The highest BCUT2D eigenvalue weighted by atomic mass is 16.5. The zero-order valence-electron chi connectivity index (χ0n) is 20.7. The number of carbonyl (C=O) groups excluding carboxylic acids is 2. The van der Waals surface area contributed by atoms with E-state index in [9.17, 15) is 14.7 Å². The van der Waals surface area contributed by atoms with Crippen LogP contribution >= 0.6 is 0 Å². The molecular weight excluding hydrogens is 432 g/mol. The average Bonchev–Trinajstić information content (AvgIpc) is 3.63. The van der Waals surface area contributed by atoms with Crippen LogP contribution in [0.15, 0.2) is 18.2 Å². The monoisotopic (exact) mass is 468 g/mol. The molecule has 3 aliphatic rings. The van der Waals surface area contributed by atoms with Gasteiger partial charge in [0.25, 0.3) is 0 Å². The molecule has 1 saturated heterocycles. The first-order valence-corrected chi connectivity index (χ1v) is 12.3. The number of aliphatic hydroxyl groups excluding tert-OH is 1. The molecule has 0 bridgehead atoms. The van der Waals surface area contributed by atoms with Crippen molar-refractivity contribution >= 4 is 22.7 Å². The average molecular weight is 469 g/mol. The standard InChI is InChI=1S/C26H36N4O4/c1-27(2)14-22(32)29-11-9-26(10-12-29)16-30(25(33)17-5-6-17)21(15-31)24-23(26)19-8-7-18(34-4)13-20(19)28(24)3/h7-8,13,17,21,31H,5-6,9-12,14-16H2,1-4H3/t21-/m0/s1. The van der Waals surface area contributed by atoms with E-state index in [1.54, 1.807) is 7.11 Å². The van der Waals surface area contributed by atoms with Gasteiger partial charge < -0.3 is 29.1 Å². The molecule has 1 N–H and O–H groups in total. The lowest BCUT2D eigenvalue weighted by Crippen LogP contribution is -2.56. The molecule has 184 valence electrons. The lowest BCUT2D eigenvalue weighted by atomic mass is 9.68. The van der Waals surface area contributed by atoms with E-state index >= 15 is 0 Å². The quantitative estimate of drug-likeness (QED) is 0.725. The van der Waals surface area contributed by atoms with Gasteiger partial charge in [0.2, 0.25) is 11.8 Å². The first-order chi connectivity index (χ1) is 16.3.